The second kappa shape index (κ2) is 7.42. The second-order valence-electron chi connectivity index (χ2n) is 6.87. The fraction of sp³-hybridized carbons (Fsp3) is 0.333. The van der Waals surface area contributed by atoms with E-state index in [2.05, 4.69) is 4.98 Å². The lowest BCUT2D eigenvalue weighted by Crippen LogP contribution is -2.34. The molecule has 3 aromatic rings. The minimum absolute atomic E-state index is 0.395. The predicted molar refractivity (Wildman–Crippen MR) is 98.8 cm³/mol. The Morgan fingerprint density at radius 3 is 2.21 bits per heavy atom. The number of rotatable bonds is 6. The zero-order valence-electron chi connectivity index (χ0n) is 15.9. The molecule has 0 fully saturated rings. The Kier molecular flexibility index (Phi) is 5.30. The van der Waals surface area contributed by atoms with Gasteiger partial charge in [-0.3, -0.25) is 4.79 Å². The van der Waals surface area contributed by atoms with Crippen molar-refractivity contribution in [3.8, 4) is 0 Å². The van der Waals surface area contributed by atoms with Gasteiger partial charge in [-0.1, -0.05) is 26.0 Å². The highest BCUT2D eigenvalue weighted by Gasteiger charge is 2.34. The zero-order valence-corrected chi connectivity index (χ0v) is 15.9. The minimum atomic E-state index is -4.44. The summed E-state index contributed by atoms with van der Waals surface area (Å²) in [5, 5.41) is 11.7. The smallest absolute Gasteiger partial charge is 0.416 e. The lowest BCUT2D eigenvalue weighted by Gasteiger charge is -2.32. The quantitative estimate of drug-likeness (QED) is 0.495. The number of ether oxygens (including phenoxy) is 1. The number of H-pyrrole nitrogens is 1. The van der Waals surface area contributed by atoms with E-state index in [4.69, 9.17) is 4.74 Å². The van der Waals surface area contributed by atoms with Crippen LogP contribution in [0.2, 0.25) is 0 Å². The van der Waals surface area contributed by atoms with Crippen molar-refractivity contribution in [2.45, 2.75) is 44.9 Å². The molecular weight excluding hydrogens is 387 g/mol. The van der Waals surface area contributed by atoms with E-state index in [1.807, 2.05) is 0 Å². The minimum Gasteiger partial charge on any atom is -0.550 e. The summed E-state index contributed by atoms with van der Waals surface area (Å²) in [7, 11) is 0. The van der Waals surface area contributed by atoms with Gasteiger partial charge in [0, 0.05) is 21.8 Å². The van der Waals surface area contributed by atoms with E-state index in [9.17, 15) is 27.9 Å². The van der Waals surface area contributed by atoms with Gasteiger partial charge in [-0.15, -0.1) is 0 Å². The first-order valence-electron chi connectivity index (χ1n) is 9.14. The largest absolute Gasteiger partial charge is 0.550 e. The average Bonchev–Trinajstić information content (AvgIpc) is 3.01. The molecule has 1 heterocycles. The molecule has 0 saturated carbocycles. The summed E-state index contributed by atoms with van der Waals surface area (Å²) in [6.45, 7) is 3.61. The summed E-state index contributed by atoms with van der Waals surface area (Å²) in [5.74, 6) is -2.43. The van der Waals surface area contributed by atoms with Crippen LogP contribution in [0.25, 0.3) is 21.8 Å². The summed E-state index contributed by atoms with van der Waals surface area (Å²) in [4.78, 5) is 25.7. The van der Waals surface area contributed by atoms with Crippen LogP contribution in [0.5, 0.6) is 0 Å². The van der Waals surface area contributed by atoms with Crippen LogP contribution < -0.4 is 5.11 Å². The van der Waals surface area contributed by atoms with E-state index in [-0.39, 0.29) is 0 Å². The van der Waals surface area contributed by atoms with Crippen molar-refractivity contribution in [2.75, 3.05) is 0 Å². The molecule has 2 aromatic carbocycles. The summed E-state index contributed by atoms with van der Waals surface area (Å²) >= 11 is 0. The molecule has 154 valence electrons. The predicted octanol–water partition coefficient (Wildman–Crippen LogP) is 4.04. The molecule has 3 rings (SSSR count). The van der Waals surface area contributed by atoms with Crippen LogP contribution in [-0.2, 0) is 26.1 Å². The molecule has 0 saturated heterocycles. The fourth-order valence-electron chi connectivity index (χ4n) is 3.60. The highest BCUT2D eigenvalue weighted by atomic mass is 19.4. The van der Waals surface area contributed by atoms with E-state index < -0.39 is 35.7 Å². The van der Waals surface area contributed by atoms with E-state index in [1.165, 1.54) is 6.07 Å². The maximum Gasteiger partial charge on any atom is 0.416 e. The molecule has 0 bridgehead atoms. The van der Waals surface area contributed by atoms with Gasteiger partial charge in [-0.2, -0.15) is 13.2 Å². The number of esters is 1. The number of carboxylic acids is 1. The number of carbonyl (C=O) groups is 2. The number of aliphatic carboxylic acids is 1. The third kappa shape index (κ3) is 3.92. The molecular formula is C21H19F3NO4-. The summed E-state index contributed by atoms with van der Waals surface area (Å²) in [5.41, 5.74) is -0.00140. The molecule has 29 heavy (non-hydrogen) atoms. The van der Waals surface area contributed by atoms with Gasteiger partial charge in [-0.05, 0) is 42.7 Å². The Hall–Kier alpha value is -3.03. The second-order valence-corrected chi connectivity index (χ2v) is 6.87. The van der Waals surface area contributed by atoms with Gasteiger partial charge in [0.05, 0.1) is 18.0 Å². The molecule has 0 aliphatic carbocycles. The van der Waals surface area contributed by atoms with Crippen LogP contribution in [0.1, 0.15) is 44.2 Å². The maximum absolute atomic E-state index is 13.0. The normalized spacial score (nSPS) is 12.4. The van der Waals surface area contributed by atoms with Gasteiger partial charge in [-0.25, -0.2) is 0 Å². The lowest BCUT2D eigenvalue weighted by molar-refractivity contribution is -0.305. The van der Waals surface area contributed by atoms with E-state index >= 15 is 0 Å². The van der Waals surface area contributed by atoms with Crippen molar-refractivity contribution in [3.63, 3.8) is 0 Å². The van der Waals surface area contributed by atoms with Crippen LogP contribution in [0.4, 0.5) is 13.2 Å². The van der Waals surface area contributed by atoms with E-state index in [1.54, 1.807) is 32.0 Å². The SMILES string of the molecule is CCC(CC)(OC(=O)CC(=O)[O-])c1ccc2c(c1)[nH]c1ccc(C(F)(F)F)cc12. The number of nitrogens with one attached hydrogen (secondary N) is 1. The van der Waals surface area contributed by atoms with Crippen LogP contribution in [0.3, 0.4) is 0 Å². The number of carboxylic acid groups (broad SMARTS) is 1. The Bertz CT molecular complexity index is 1080. The first-order valence-corrected chi connectivity index (χ1v) is 9.14. The Labute approximate surface area is 164 Å². The number of hydrogen-bond acceptors (Lipinski definition) is 4. The van der Waals surface area contributed by atoms with Crippen LogP contribution >= 0.6 is 0 Å². The highest BCUT2D eigenvalue weighted by Crippen LogP contribution is 2.38. The third-order valence-corrected chi connectivity index (χ3v) is 5.19. The molecule has 5 nitrogen and oxygen atoms in total. The van der Waals surface area contributed by atoms with Crippen molar-refractivity contribution in [2.24, 2.45) is 0 Å². The third-order valence-electron chi connectivity index (χ3n) is 5.19. The standard InChI is InChI=1S/C21H20F3NO4/c1-3-20(4-2,29-19(28)11-18(26)27)12-5-7-14-15-9-13(21(22,23)24)6-8-16(15)25-17(14)10-12/h5-10,25H,3-4,11H2,1-2H3,(H,26,27)/p-1. The van der Waals surface area contributed by atoms with Gasteiger partial charge in [0.1, 0.15) is 5.60 Å². The van der Waals surface area contributed by atoms with Gasteiger partial charge >= 0.3 is 12.1 Å². The Morgan fingerprint density at radius 1 is 0.966 bits per heavy atom. The monoisotopic (exact) mass is 406 g/mol. The molecule has 0 amide bonds. The molecule has 0 spiro atoms. The molecule has 0 aliphatic heterocycles. The number of fused-ring (bicyclic) bond motifs is 3. The van der Waals surface area contributed by atoms with Crippen LogP contribution in [0, 0.1) is 0 Å². The Morgan fingerprint density at radius 2 is 1.62 bits per heavy atom. The molecule has 8 heteroatoms. The molecule has 0 aliphatic rings. The molecule has 1 aromatic heterocycles. The number of aromatic nitrogens is 1. The van der Waals surface area contributed by atoms with Gasteiger partial charge in [0.15, 0.2) is 0 Å². The van der Waals surface area contributed by atoms with Crippen molar-refractivity contribution < 1.29 is 32.6 Å². The average molecular weight is 406 g/mol. The van der Waals surface area contributed by atoms with E-state index in [0.29, 0.717) is 40.2 Å². The molecule has 0 unspecified atom stereocenters. The van der Waals surface area contributed by atoms with Crippen molar-refractivity contribution in [1.82, 2.24) is 4.98 Å². The van der Waals surface area contributed by atoms with Gasteiger partial charge in [0.25, 0.3) is 0 Å². The number of alkyl halides is 3. The topological polar surface area (TPSA) is 82.2 Å². The number of halogens is 3. The molecule has 0 atom stereocenters. The first-order chi connectivity index (χ1) is 13.6. The van der Waals surface area contributed by atoms with Gasteiger partial charge in [0.2, 0.25) is 0 Å². The summed E-state index contributed by atoms with van der Waals surface area (Å²) < 4.78 is 44.6. The summed E-state index contributed by atoms with van der Waals surface area (Å²) in [6.07, 6.45) is -4.50. The zero-order chi connectivity index (χ0) is 21.4. The summed E-state index contributed by atoms with van der Waals surface area (Å²) in [6, 6.07) is 8.58. The van der Waals surface area contributed by atoms with Crippen LogP contribution in [-0.4, -0.2) is 16.9 Å². The lowest BCUT2D eigenvalue weighted by atomic mass is 9.87. The van der Waals surface area contributed by atoms with E-state index in [0.717, 1.165) is 12.1 Å². The number of hydrogen-bond donors (Lipinski definition) is 1. The van der Waals surface area contributed by atoms with Crippen molar-refractivity contribution in [3.05, 3.63) is 47.5 Å². The molecule has 0 radical (unpaired) electrons. The first kappa shape index (κ1) is 20.7. The van der Waals surface area contributed by atoms with Crippen molar-refractivity contribution in [1.29, 1.82) is 0 Å². The Balaban J connectivity index is 2.08. The van der Waals surface area contributed by atoms with Crippen LogP contribution in [0.15, 0.2) is 36.4 Å². The highest BCUT2D eigenvalue weighted by molar-refractivity contribution is 6.07. The number of carbonyl (C=O) groups excluding carboxylic acids is 2. The van der Waals surface area contributed by atoms with Gasteiger partial charge < -0.3 is 19.6 Å². The number of aromatic amines is 1. The van der Waals surface area contributed by atoms with Crippen molar-refractivity contribution >= 4 is 33.7 Å². The maximum atomic E-state index is 13.0. The fourth-order valence-corrected chi connectivity index (χ4v) is 3.60. The molecule has 1 N–H and O–H groups in total. The number of benzene rings is 2.